The first-order valence-electron chi connectivity index (χ1n) is 8.83. The molecule has 0 amide bonds. The molecule has 0 aromatic heterocycles. The Kier molecular flexibility index (Phi) is 8.01. The number of halogens is 2. The fourth-order valence-corrected chi connectivity index (χ4v) is 9.73. The molecule has 25 heavy (non-hydrogen) atoms. The molecule has 1 aromatic rings. The van der Waals surface area contributed by atoms with Gasteiger partial charge in [-0.15, -0.1) is 0 Å². The second kappa shape index (κ2) is 8.73. The second-order valence-electron chi connectivity index (χ2n) is 7.32. The van der Waals surface area contributed by atoms with E-state index in [2.05, 4.69) is 71.9 Å². The number of rotatable bonds is 4. The molecule has 2 aliphatic rings. The quantitative estimate of drug-likeness (QED) is 0.634. The molecule has 3 heteroatoms. The normalized spacial score (nSPS) is 24.4. The van der Waals surface area contributed by atoms with Crippen LogP contribution in [0.2, 0.25) is 3.12 Å². The van der Waals surface area contributed by atoms with Gasteiger partial charge < -0.3 is 24.8 Å². The van der Waals surface area contributed by atoms with Crippen LogP contribution in [0.3, 0.4) is 0 Å². The molecule has 0 nitrogen and oxygen atoms in total. The minimum Gasteiger partial charge on any atom is -1.00 e. The molecule has 0 saturated carbocycles. The maximum absolute atomic E-state index is 2.56. The van der Waals surface area contributed by atoms with Crippen LogP contribution < -0.4 is 24.8 Å². The molecule has 0 fully saturated rings. The van der Waals surface area contributed by atoms with Gasteiger partial charge in [-0.2, -0.15) is 0 Å². The molecule has 2 atom stereocenters. The monoisotopic (exact) mass is 452 g/mol. The molecule has 0 N–H and O–H groups in total. The summed E-state index contributed by atoms with van der Waals surface area (Å²) in [6.45, 7) is 14.3. The molecular weight excluding hydrogens is 426 g/mol. The SMILES string of the molecule is CCCC1=C(C)C(C)=C(C)[C]1(C)[Zr+2][CH]1C(C)=Cc2ccccc21.[Cl-].[Cl-]. The summed E-state index contributed by atoms with van der Waals surface area (Å²) >= 11 is -0.701. The van der Waals surface area contributed by atoms with Crippen molar-refractivity contribution in [2.45, 2.75) is 61.1 Å². The Hall–Kier alpha value is -0.0969. The third-order valence-electron chi connectivity index (χ3n) is 6.01. The van der Waals surface area contributed by atoms with E-state index < -0.39 is 23.2 Å². The summed E-state index contributed by atoms with van der Waals surface area (Å²) in [5, 5.41) is 0. The zero-order valence-corrected chi connectivity index (χ0v) is 20.1. The van der Waals surface area contributed by atoms with Gasteiger partial charge in [0.1, 0.15) is 0 Å². The summed E-state index contributed by atoms with van der Waals surface area (Å²) in [6.07, 6.45) is 4.97. The molecule has 0 aliphatic heterocycles. The van der Waals surface area contributed by atoms with Gasteiger partial charge in [-0.1, -0.05) is 0 Å². The van der Waals surface area contributed by atoms with Gasteiger partial charge in [0.15, 0.2) is 0 Å². The topological polar surface area (TPSA) is 0 Å². The van der Waals surface area contributed by atoms with Crippen molar-refractivity contribution in [1.29, 1.82) is 0 Å². The molecule has 3 rings (SSSR count). The molecular formula is C22H28Cl2Zr. The second-order valence-corrected chi connectivity index (χ2v) is 11.9. The number of hydrogen-bond donors (Lipinski definition) is 0. The first-order valence-corrected chi connectivity index (χ1v) is 11.5. The first-order chi connectivity index (χ1) is 10.9. The summed E-state index contributed by atoms with van der Waals surface area (Å²) < 4.78 is 1.13. The van der Waals surface area contributed by atoms with E-state index >= 15 is 0 Å². The van der Waals surface area contributed by atoms with Crippen molar-refractivity contribution in [3.8, 4) is 0 Å². The van der Waals surface area contributed by atoms with Crippen LogP contribution in [0.1, 0.15) is 69.1 Å². The Labute approximate surface area is 177 Å². The zero-order chi connectivity index (χ0) is 16.8. The molecule has 0 bridgehead atoms. The van der Waals surface area contributed by atoms with E-state index in [1.165, 1.54) is 18.4 Å². The average Bonchev–Trinajstić information content (AvgIpc) is 2.92. The van der Waals surface area contributed by atoms with E-state index in [1.807, 2.05) is 0 Å². The van der Waals surface area contributed by atoms with Gasteiger partial charge in [-0.25, -0.2) is 0 Å². The maximum Gasteiger partial charge on any atom is -1.00 e. The van der Waals surface area contributed by atoms with Crippen LogP contribution in [0.15, 0.2) is 52.1 Å². The number of allylic oxidation sites excluding steroid dienone is 5. The van der Waals surface area contributed by atoms with E-state index in [0.29, 0.717) is 3.12 Å². The van der Waals surface area contributed by atoms with Crippen molar-refractivity contribution in [1.82, 2.24) is 0 Å². The molecule has 0 heterocycles. The predicted octanol–water partition coefficient (Wildman–Crippen LogP) is 0.880. The van der Waals surface area contributed by atoms with Crippen LogP contribution in [0, 0.1) is 0 Å². The van der Waals surface area contributed by atoms with Crippen molar-refractivity contribution in [3.05, 3.63) is 63.3 Å². The summed E-state index contributed by atoms with van der Waals surface area (Å²) in [7, 11) is 0. The van der Waals surface area contributed by atoms with E-state index in [1.54, 1.807) is 33.4 Å². The molecule has 1 aromatic carbocycles. The molecule has 0 spiro atoms. The van der Waals surface area contributed by atoms with Gasteiger partial charge in [0, 0.05) is 0 Å². The third-order valence-corrected chi connectivity index (χ3v) is 11.7. The van der Waals surface area contributed by atoms with Gasteiger partial charge in [0.2, 0.25) is 0 Å². The largest absolute Gasteiger partial charge is 1.00 e. The van der Waals surface area contributed by atoms with Gasteiger partial charge in [-0.05, 0) is 0 Å². The maximum atomic E-state index is 2.56. The van der Waals surface area contributed by atoms with Crippen molar-refractivity contribution in [3.63, 3.8) is 0 Å². The number of fused-ring (bicyclic) bond motifs is 1. The molecule has 134 valence electrons. The fourth-order valence-electron chi connectivity index (χ4n) is 4.33. The predicted molar refractivity (Wildman–Crippen MR) is 97.2 cm³/mol. The first kappa shape index (κ1) is 22.9. The van der Waals surface area contributed by atoms with Gasteiger partial charge in [-0.3, -0.25) is 0 Å². The Bertz CT molecular complexity index is 742. The van der Waals surface area contributed by atoms with Crippen LogP contribution in [0.5, 0.6) is 0 Å². The van der Waals surface area contributed by atoms with Crippen molar-refractivity contribution in [2.24, 2.45) is 0 Å². The molecule has 0 radical (unpaired) electrons. The number of benzene rings is 1. The smallest absolute Gasteiger partial charge is 1.00 e. The van der Waals surface area contributed by atoms with Gasteiger partial charge >= 0.3 is 154 Å². The third kappa shape index (κ3) is 3.80. The number of hydrogen-bond acceptors (Lipinski definition) is 0. The standard InChI is InChI=1S/C12H19.C10H9.2ClH.Zr/c1-6-7-12-10(4)8(2)9(3)11(12)5;1-8-6-9-4-2-3-5-10(9)7-8;;;/h6-7H2,1-5H3;2-7H,1H3;2*1H;/q;;;;+2/p-2. The summed E-state index contributed by atoms with van der Waals surface area (Å²) in [5.74, 6) is 0. The van der Waals surface area contributed by atoms with Crippen LogP contribution in [0.4, 0.5) is 0 Å². The van der Waals surface area contributed by atoms with Crippen molar-refractivity contribution >= 4 is 6.08 Å². The Morgan fingerprint density at radius 3 is 2.28 bits per heavy atom. The van der Waals surface area contributed by atoms with Crippen LogP contribution in [-0.4, -0.2) is 0 Å². The van der Waals surface area contributed by atoms with Crippen molar-refractivity contribution in [2.75, 3.05) is 0 Å². The Balaban J connectivity index is 0.00000156. The van der Waals surface area contributed by atoms with Crippen LogP contribution in [0.25, 0.3) is 6.08 Å². The van der Waals surface area contributed by atoms with Gasteiger partial charge in [0.25, 0.3) is 0 Å². The van der Waals surface area contributed by atoms with E-state index in [0.717, 1.165) is 3.63 Å². The van der Waals surface area contributed by atoms with E-state index in [4.69, 9.17) is 0 Å². The Morgan fingerprint density at radius 1 is 1.00 bits per heavy atom. The van der Waals surface area contributed by atoms with E-state index in [9.17, 15) is 0 Å². The van der Waals surface area contributed by atoms with Crippen molar-refractivity contribution < 1.29 is 48.0 Å². The molecule has 2 aliphatic carbocycles. The fraction of sp³-hybridized carbons (Fsp3) is 0.455. The average molecular weight is 455 g/mol. The van der Waals surface area contributed by atoms with E-state index in [-0.39, 0.29) is 24.8 Å². The summed E-state index contributed by atoms with van der Waals surface area (Å²) in [6, 6.07) is 9.05. The van der Waals surface area contributed by atoms with Crippen LogP contribution in [-0.2, 0) is 23.2 Å². The Morgan fingerprint density at radius 2 is 1.64 bits per heavy atom. The summed E-state index contributed by atoms with van der Waals surface area (Å²) in [5.41, 5.74) is 11.3. The molecule has 2 unspecified atom stereocenters. The zero-order valence-electron chi connectivity index (χ0n) is 16.1. The summed E-state index contributed by atoms with van der Waals surface area (Å²) in [4.78, 5) is 0. The molecule has 0 saturated heterocycles. The van der Waals surface area contributed by atoms with Crippen LogP contribution >= 0.6 is 0 Å². The minimum atomic E-state index is -0.701. The van der Waals surface area contributed by atoms with Gasteiger partial charge in [0.05, 0.1) is 0 Å². The minimum absolute atomic E-state index is 0.